The highest BCUT2D eigenvalue weighted by molar-refractivity contribution is 6.31. The van der Waals surface area contributed by atoms with E-state index in [0.717, 1.165) is 5.52 Å². The molecule has 4 aromatic rings. The van der Waals surface area contributed by atoms with E-state index in [1.54, 1.807) is 41.6 Å². The van der Waals surface area contributed by atoms with Crippen LogP contribution in [0.3, 0.4) is 0 Å². The van der Waals surface area contributed by atoms with Crippen molar-refractivity contribution >= 4 is 28.2 Å². The molecule has 0 radical (unpaired) electrons. The number of rotatable bonds is 7. The molecule has 0 aliphatic heterocycles. The number of nitrogens with zero attached hydrogens (tertiary/aromatic N) is 5. The smallest absolute Gasteiger partial charge is 0.278 e. The zero-order chi connectivity index (χ0) is 20.5. The van der Waals surface area contributed by atoms with E-state index in [4.69, 9.17) is 25.6 Å². The molecule has 3 heterocycles. The van der Waals surface area contributed by atoms with Gasteiger partial charge >= 0.3 is 0 Å². The molecule has 1 atom stereocenters. The molecule has 0 fully saturated rings. The molecule has 152 valence electrons. The highest BCUT2D eigenvalue weighted by Gasteiger charge is 2.22. The fourth-order valence-corrected chi connectivity index (χ4v) is 3.47. The number of imidazole rings is 1. The van der Waals surface area contributed by atoms with Crippen LogP contribution in [0.5, 0.6) is 0 Å². The maximum atomic E-state index is 13.4. The van der Waals surface area contributed by atoms with Crippen molar-refractivity contribution in [1.29, 1.82) is 0 Å². The summed E-state index contributed by atoms with van der Waals surface area (Å²) >= 11 is 6.17. The Morgan fingerprint density at radius 2 is 2.07 bits per heavy atom. The standard InChI is InChI=1S/C19H20ClN5O4/c1-11(9-28-3)17-22-18(29-23-17)15-16-19(26)24(6-7-27-2)14-8-12(20)4-5-13(14)25(16)10-21-15/h4-5,8,10-11H,6-7,9H2,1-3H3. The molecule has 0 bridgehead atoms. The quantitative estimate of drug-likeness (QED) is 0.456. The van der Waals surface area contributed by atoms with Gasteiger partial charge in [-0.1, -0.05) is 23.7 Å². The topological polar surface area (TPSA) is 96.7 Å². The van der Waals surface area contributed by atoms with Crippen molar-refractivity contribution in [3.05, 3.63) is 45.7 Å². The van der Waals surface area contributed by atoms with Crippen LogP contribution in [-0.2, 0) is 16.0 Å². The minimum absolute atomic E-state index is 0.0484. The molecule has 4 rings (SSSR count). The summed E-state index contributed by atoms with van der Waals surface area (Å²) in [6.07, 6.45) is 1.57. The third-order valence-electron chi connectivity index (χ3n) is 4.72. The van der Waals surface area contributed by atoms with Crippen molar-refractivity contribution in [2.24, 2.45) is 0 Å². The number of aromatic nitrogens is 5. The van der Waals surface area contributed by atoms with Gasteiger partial charge < -0.3 is 18.6 Å². The van der Waals surface area contributed by atoms with E-state index in [0.29, 0.717) is 47.3 Å². The van der Waals surface area contributed by atoms with Gasteiger partial charge in [-0.2, -0.15) is 4.98 Å². The van der Waals surface area contributed by atoms with Crippen LogP contribution in [0, 0.1) is 0 Å². The highest BCUT2D eigenvalue weighted by atomic mass is 35.5. The number of halogens is 1. The van der Waals surface area contributed by atoms with Gasteiger partial charge in [-0.25, -0.2) is 4.98 Å². The molecule has 1 aromatic carbocycles. The number of fused-ring (bicyclic) bond motifs is 3. The van der Waals surface area contributed by atoms with Crippen molar-refractivity contribution in [1.82, 2.24) is 24.1 Å². The highest BCUT2D eigenvalue weighted by Crippen LogP contribution is 2.26. The van der Waals surface area contributed by atoms with Crippen LogP contribution >= 0.6 is 11.6 Å². The second-order valence-electron chi connectivity index (χ2n) is 6.71. The molecule has 3 aromatic heterocycles. The maximum Gasteiger partial charge on any atom is 0.278 e. The minimum Gasteiger partial charge on any atom is -0.384 e. The monoisotopic (exact) mass is 417 g/mol. The summed E-state index contributed by atoms with van der Waals surface area (Å²) in [6.45, 7) is 3.13. The number of hydrogen-bond donors (Lipinski definition) is 0. The summed E-state index contributed by atoms with van der Waals surface area (Å²) in [4.78, 5) is 22.2. The van der Waals surface area contributed by atoms with E-state index < -0.39 is 0 Å². The van der Waals surface area contributed by atoms with Crippen molar-refractivity contribution < 1.29 is 14.0 Å². The second kappa shape index (κ2) is 7.94. The lowest BCUT2D eigenvalue weighted by atomic mass is 10.2. The SMILES string of the molecule is COCCn1c(=O)c2c(-c3nc(C(C)COC)no3)ncn2c2ccc(Cl)cc21. The van der Waals surface area contributed by atoms with Crippen LogP contribution in [-0.4, -0.2) is 51.5 Å². The van der Waals surface area contributed by atoms with Crippen LogP contribution in [0.15, 0.2) is 33.8 Å². The molecular formula is C19H20ClN5O4. The fraction of sp³-hybridized carbons (Fsp3) is 0.368. The summed E-state index contributed by atoms with van der Waals surface area (Å²) in [6, 6.07) is 5.37. The van der Waals surface area contributed by atoms with Gasteiger partial charge in [0.2, 0.25) is 0 Å². The van der Waals surface area contributed by atoms with Crippen molar-refractivity contribution in [2.75, 3.05) is 27.4 Å². The lowest BCUT2D eigenvalue weighted by Crippen LogP contribution is -2.25. The Bertz CT molecular complexity index is 1230. The molecule has 0 saturated carbocycles. The Balaban J connectivity index is 1.94. The zero-order valence-electron chi connectivity index (χ0n) is 16.3. The summed E-state index contributed by atoms with van der Waals surface area (Å²) in [7, 11) is 3.20. The average Bonchev–Trinajstić information content (AvgIpc) is 3.35. The molecule has 0 amide bonds. The van der Waals surface area contributed by atoms with Crippen LogP contribution in [0.4, 0.5) is 0 Å². The molecule has 0 N–H and O–H groups in total. The minimum atomic E-state index is -0.242. The predicted octanol–water partition coefficient (Wildman–Crippen LogP) is 2.75. The Labute approximate surface area is 170 Å². The zero-order valence-corrected chi connectivity index (χ0v) is 17.0. The van der Waals surface area contributed by atoms with Crippen LogP contribution in [0.2, 0.25) is 5.02 Å². The van der Waals surface area contributed by atoms with E-state index in [1.165, 1.54) is 0 Å². The number of benzene rings is 1. The first-order valence-electron chi connectivity index (χ1n) is 9.06. The summed E-state index contributed by atoms with van der Waals surface area (Å²) in [5.41, 5.74) is 1.92. The summed E-state index contributed by atoms with van der Waals surface area (Å²) in [5.74, 6) is 0.636. The first kappa shape index (κ1) is 19.6. The molecule has 0 spiro atoms. The summed E-state index contributed by atoms with van der Waals surface area (Å²) in [5, 5.41) is 4.55. The normalized spacial score (nSPS) is 12.8. The Morgan fingerprint density at radius 1 is 1.24 bits per heavy atom. The van der Waals surface area contributed by atoms with Crippen LogP contribution < -0.4 is 5.56 Å². The van der Waals surface area contributed by atoms with E-state index in [2.05, 4.69) is 15.1 Å². The van der Waals surface area contributed by atoms with Crippen molar-refractivity contribution in [3.8, 4) is 11.6 Å². The molecular weight excluding hydrogens is 398 g/mol. The van der Waals surface area contributed by atoms with Gasteiger partial charge in [0.1, 0.15) is 11.8 Å². The maximum absolute atomic E-state index is 13.4. The molecule has 0 aliphatic rings. The second-order valence-corrected chi connectivity index (χ2v) is 7.14. The lowest BCUT2D eigenvalue weighted by molar-refractivity contribution is 0.180. The average molecular weight is 418 g/mol. The first-order valence-corrected chi connectivity index (χ1v) is 9.44. The Kier molecular flexibility index (Phi) is 5.35. The van der Waals surface area contributed by atoms with Gasteiger partial charge in [0, 0.05) is 31.7 Å². The third-order valence-corrected chi connectivity index (χ3v) is 4.96. The number of hydrogen-bond acceptors (Lipinski definition) is 7. The van der Waals surface area contributed by atoms with E-state index >= 15 is 0 Å². The van der Waals surface area contributed by atoms with Crippen molar-refractivity contribution in [3.63, 3.8) is 0 Å². The number of methoxy groups -OCH3 is 2. The molecule has 0 aliphatic carbocycles. The predicted molar refractivity (Wildman–Crippen MR) is 107 cm³/mol. The third kappa shape index (κ3) is 3.41. The van der Waals surface area contributed by atoms with Crippen LogP contribution in [0.1, 0.15) is 18.7 Å². The lowest BCUT2D eigenvalue weighted by Gasteiger charge is -2.12. The van der Waals surface area contributed by atoms with Gasteiger partial charge in [0.05, 0.1) is 24.2 Å². The van der Waals surface area contributed by atoms with Gasteiger partial charge in [-0.3, -0.25) is 9.20 Å². The Hall–Kier alpha value is -2.75. The molecule has 0 saturated heterocycles. The van der Waals surface area contributed by atoms with E-state index in [1.807, 2.05) is 13.0 Å². The largest absolute Gasteiger partial charge is 0.384 e. The Morgan fingerprint density at radius 3 is 2.83 bits per heavy atom. The van der Waals surface area contributed by atoms with Crippen molar-refractivity contribution in [2.45, 2.75) is 19.4 Å². The summed E-state index contributed by atoms with van der Waals surface area (Å²) < 4.78 is 19.1. The molecule has 10 heteroatoms. The fourth-order valence-electron chi connectivity index (χ4n) is 3.31. The van der Waals surface area contributed by atoms with Gasteiger partial charge in [0.25, 0.3) is 11.4 Å². The van der Waals surface area contributed by atoms with Crippen LogP contribution in [0.25, 0.3) is 28.1 Å². The van der Waals surface area contributed by atoms with Gasteiger partial charge in [-0.15, -0.1) is 0 Å². The number of ether oxygens (including phenoxy) is 2. The van der Waals surface area contributed by atoms with Gasteiger partial charge in [0.15, 0.2) is 11.5 Å². The van der Waals surface area contributed by atoms with Gasteiger partial charge in [-0.05, 0) is 18.2 Å². The first-order chi connectivity index (χ1) is 14.0. The molecule has 9 nitrogen and oxygen atoms in total. The van der Waals surface area contributed by atoms with E-state index in [-0.39, 0.29) is 17.4 Å². The molecule has 1 unspecified atom stereocenters. The molecule has 29 heavy (non-hydrogen) atoms. The van der Waals surface area contributed by atoms with E-state index in [9.17, 15) is 4.79 Å².